The molecule has 1 atom stereocenters. The van der Waals surface area contributed by atoms with Gasteiger partial charge in [-0.1, -0.05) is 13.8 Å². The van der Waals surface area contributed by atoms with Crippen LogP contribution in [0.3, 0.4) is 0 Å². The quantitative estimate of drug-likeness (QED) is 0.0894. The normalized spacial score (nSPS) is 11.8. The van der Waals surface area contributed by atoms with E-state index in [9.17, 15) is 24.3 Å². The lowest BCUT2D eigenvalue weighted by Gasteiger charge is -2.15. The Morgan fingerprint density at radius 3 is 2.30 bits per heavy atom. The summed E-state index contributed by atoms with van der Waals surface area (Å²) in [6.45, 7) is 7.61. The van der Waals surface area contributed by atoms with Crippen molar-refractivity contribution in [2.45, 2.75) is 45.7 Å². The van der Waals surface area contributed by atoms with Crippen LogP contribution in [0.5, 0.6) is 0 Å². The molecule has 3 aromatic rings. The van der Waals surface area contributed by atoms with Crippen molar-refractivity contribution in [2.24, 2.45) is 5.92 Å². The number of nitrogens with two attached hydrogens (primary N) is 1. The highest BCUT2D eigenvalue weighted by molar-refractivity contribution is 5.97. The number of carboxylic acid groups (broad SMARTS) is 1. The van der Waals surface area contributed by atoms with Crippen LogP contribution in [-0.2, 0) is 30.3 Å². The number of ether oxygens (including phenoxy) is 3. The summed E-state index contributed by atoms with van der Waals surface area (Å²) in [4.78, 5) is 63.3. The van der Waals surface area contributed by atoms with E-state index in [1.807, 2.05) is 0 Å². The van der Waals surface area contributed by atoms with Crippen LogP contribution in [0, 0.1) is 5.92 Å². The number of nitrogens with one attached hydrogen (secondary N) is 4. The van der Waals surface area contributed by atoms with Gasteiger partial charge in [0.15, 0.2) is 11.2 Å². The first-order valence-electron chi connectivity index (χ1n) is 15.0. The highest BCUT2D eigenvalue weighted by atomic mass is 16.5. The van der Waals surface area contributed by atoms with Crippen molar-refractivity contribution < 1.29 is 33.7 Å². The smallest absolute Gasteiger partial charge is 0.326 e. The number of benzene rings is 1. The summed E-state index contributed by atoms with van der Waals surface area (Å²) in [6, 6.07) is 5.08. The largest absolute Gasteiger partial charge is 0.480 e. The number of hydrogen-bond donors (Lipinski definition) is 6. The third-order valence-corrected chi connectivity index (χ3v) is 6.52. The molecule has 0 aliphatic rings. The maximum atomic E-state index is 12.7. The molecule has 1 aromatic carbocycles. The molecule has 7 N–H and O–H groups in total. The second-order valence-electron chi connectivity index (χ2n) is 10.7. The topological polar surface area (TPSA) is 233 Å². The Hall–Kier alpha value is -4.67. The Morgan fingerprint density at radius 1 is 0.957 bits per heavy atom. The number of fused-ring (bicyclic) bond motifs is 1. The molecule has 1 unspecified atom stereocenters. The molecule has 3 rings (SSSR count). The van der Waals surface area contributed by atoms with Crippen molar-refractivity contribution in [1.29, 1.82) is 0 Å². The average Bonchev–Trinajstić information content (AvgIpc) is 3.02. The number of aromatic nitrogens is 4. The minimum atomic E-state index is -1.25. The molecule has 2 aromatic heterocycles. The van der Waals surface area contributed by atoms with Crippen molar-refractivity contribution >= 4 is 40.6 Å². The maximum Gasteiger partial charge on any atom is 0.326 e. The SMILES string of the molecule is CC(C)CCOCCOCCOCCNC(=O)CCC(NC(=O)c1ccc(NCc2cnc3nc(N)[nH]c(=O)c3n2)cc1)C(=O)O. The number of nitrogens with zero attached hydrogens (tertiary/aromatic N) is 3. The lowest BCUT2D eigenvalue weighted by Crippen LogP contribution is -2.41. The number of nitrogen functional groups attached to an aromatic ring is 1. The van der Waals surface area contributed by atoms with Gasteiger partial charge in [-0.05, 0) is 43.0 Å². The first-order chi connectivity index (χ1) is 22.1. The van der Waals surface area contributed by atoms with Crippen molar-refractivity contribution in [2.75, 3.05) is 57.2 Å². The zero-order chi connectivity index (χ0) is 33.3. The van der Waals surface area contributed by atoms with Crippen molar-refractivity contribution in [1.82, 2.24) is 30.6 Å². The summed E-state index contributed by atoms with van der Waals surface area (Å²) in [5.41, 5.74) is 6.58. The number of anilines is 2. The molecule has 0 fully saturated rings. The monoisotopic (exact) mass is 642 g/mol. The van der Waals surface area contributed by atoms with E-state index >= 15 is 0 Å². The van der Waals surface area contributed by atoms with Gasteiger partial charge in [0.05, 0.1) is 51.5 Å². The zero-order valence-corrected chi connectivity index (χ0v) is 26.0. The molecule has 0 aliphatic heterocycles. The molecule has 0 bridgehead atoms. The molecule has 0 saturated carbocycles. The number of aromatic amines is 1. The summed E-state index contributed by atoms with van der Waals surface area (Å²) in [5, 5.41) is 17.8. The van der Waals surface area contributed by atoms with Crippen LogP contribution in [0.2, 0.25) is 0 Å². The third-order valence-electron chi connectivity index (χ3n) is 6.52. The van der Waals surface area contributed by atoms with E-state index in [1.165, 1.54) is 18.3 Å². The van der Waals surface area contributed by atoms with E-state index in [0.717, 1.165) is 13.0 Å². The highest BCUT2D eigenvalue weighted by Crippen LogP contribution is 2.12. The van der Waals surface area contributed by atoms with Gasteiger partial charge < -0.3 is 41.0 Å². The molecular weight excluding hydrogens is 600 g/mol. The molecule has 2 amide bonds. The van der Waals surface area contributed by atoms with Crippen LogP contribution in [0.4, 0.5) is 11.6 Å². The standard InChI is InChI=1S/C30H42N8O8/c1-19(2)9-11-44-13-15-46-16-14-45-12-10-32-24(39)8-7-23(29(42)43)36-27(40)20-3-5-21(6-4-20)33-17-22-18-34-26-25(35-22)28(41)38-30(31)37-26/h3-6,18-19,23,33H,7-17H2,1-2H3,(H,32,39)(H,36,40)(H,42,43)(H3,31,34,37,38,41). The van der Waals surface area contributed by atoms with Gasteiger partial charge in [0, 0.05) is 30.8 Å². The van der Waals surface area contributed by atoms with Gasteiger partial charge in [-0.25, -0.2) is 14.8 Å². The van der Waals surface area contributed by atoms with Crippen LogP contribution in [0.25, 0.3) is 11.2 Å². The second-order valence-corrected chi connectivity index (χ2v) is 10.7. The fourth-order valence-electron chi connectivity index (χ4n) is 3.97. The number of rotatable bonds is 21. The Kier molecular flexibility index (Phi) is 14.8. The number of amides is 2. The Morgan fingerprint density at radius 2 is 1.63 bits per heavy atom. The highest BCUT2D eigenvalue weighted by Gasteiger charge is 2.21. The first-order valence-corrected chi connectivity index (χ1v) is 15.0. The Balaban J connectivity index is 1.32. The molecule has 0 saturated heterocycles. The Labute approximate surface area is 265 Å². The fourth-order valence-corrected chi connectivity index (χ4v) is 3.97. The van der Waals surface area contributed by atoms with E-state index in [0.29, 0.717) is 43.7 Å². The summed E-state index contributed by atoms with van der Waals surface area (Å²) in [5.74, 6) is -1.64. The molecule has 16 heteroatoms. The molecule has 46 heavy (non-hydrogen) atoms. The summed E-state index contributed by atoms with van der Waals surface area (Å²) < 4.78 is 16.3. The zero-order valence-electron chi connectivity index (χ0n) is 26.0. The van der Waals surface area contributed by atoms with Gasteiger partial charge in [-0.15, -0.1) is 0 Å². The van der Waals surface area contributed by atoms with Crippen LogP contribution >= 0.6 is 0 Å². The van der Waals surface area contributed by atoms with Crippen LogP contribution < -0.4 is 27.2 Å². The van der Waals surface area contributed by atoms with Crippen molar-refractivity contribution in [3.8, 4) is 0 Å². The minimum absolute atomic E-state index is 0.0499. The minimum Gasteiger partial charge on any atom is -0.480 e. The molecule has 2 heterocycles. The van der Waals surface area contributed by atoms with E-state index in [4.69, 9.17) is 19.9 Å². The maximum absolute atomic E-state index is 12.7. The van der Waals surface area contributed by atoms with E-state index in [2.05, 4.69) is 49.7 Å². The number of carbonyl (C=O) groups excluding carboxylic acids is 2. The number of carboxylic acids is 1. The molecule has 0 aliphatic carbocycles. The summed E-state index contributed by atoms with van der Waals surface area (Å²) in [7, 11) is 0. The third kappa shape index (κ3) is 12.7. The second kappa shape index (κ2) is 19.0. The molecular formula is C30H42N8O8. The lowest BCUT2D eigenvalue weighted by atomic mass is 10.1. The molecule has 250 valence electrons. The predicted molar refractivity (Wildman–Crippen MR) is 169 cm³/mol. The number of hydrogen-bond acceptors (Lipinski definition) is 12. The van der Waals surface area contributed by atoms with Crippen molar-refractivity contribution in [3.63, 3.8) is 0 Å². The lowest BCUT2D eigenvalue weighted by molar-refractivity contribution is -0.139. The van der Waals surface area contributed by atoms with E-state index in [-0.39, 0.29) is 61.1 Å². The number of H-pyrrole nitrogens is 1. The van der Waals surface area contributed by atoms with Gasteiger partial charge in [0.25, 0.3) is 11.5 Å². The van der Waals surface area contributed by atoms with Gasteiger partial charge in [0.1, 0.15) is 6.04 Å². The van der Waals surface area contributed by atoms with Crippen LogP contribution in [0.1, 0.15) is 49.2 Å². The van der Waals surface area contributed by atoms with Gasteiger partial charge in [0.2, 0.25) is 11.9 Å². The van der Waals surface area contributed by atoms with E-state index in [1.54, 1.807) is 12.1 Å². The fraction of sp³-hybridized carbons (Fsp3) is 0.500. The summed E-state index contributed by atoms with van der Waals surface area (Å²) in [6.07, 6.45) is 2.31. The van der Waals surface area contributed by atoms with E-state index < -0.39 is 23.5 Å². The van der Waals surface area contributed by atoms with Crippen molar-refractivity contribution in [3.05, 3.63) is 52.1 Å². The molecule has 0 spiro atoms. The van der Waals surface area contributed by atoms with Gasteiger partial charge in [-0.3, -0.25) is 19.4 Å². The molecule has 0 radical (unpaired) electrons. The number of aliphatic carboxylic acids is 1. The van der Waals surface area contributed by atoms with Gasteiger partial charge in [-0.2, -0.15) is 4.98 Å². The number of carbonyl (C=O) groups is 3. The predicted octanol–water partition coefficient (Wildman–Crippen LogP) is 1.08. The molecule has 16 nitrogen and oxygen atoms in total. The van der Waals surface area contributed by atoms with Crippen LogP contribution in [-0.4, -0.2) is 95.1 Å². The first kappa shape index (κ1) is 35.8. The average molecular weight is 643 g/mol. The van der Waals surface area contributed by atoms with Gasteiger partial charge >= 0.3 is 5.97 Å². The Bertz CT molecular complexity index is 1480. The summed E-state index contributed by atoms with van der Waals surface area (Å²) >= 11 is 0. The van der Waals surface area contributed by atoms with Crippen LogP contribution in [0.15, 0.2) is 35.3 Å².